The lowest BCUT2D eigenvalue weighted by Crippen LogP contribution is -2.33. The lowest BCUT2D eigenvalue weighted by atomic mass is 9.90. The first kappa shape index (κ1) is 33.5. The smallest absolute Gasteiger partial charge is 0.312 e. The minimum Gasteiger partial charge on any atom is -0.428 e. The van der Waals surface area contributed by atoms with Crippen LogP contribution in [0.25, 0.3) is 5.57 Å². The van der Waals surface area contributed by atoms with E-state index in [4.69, 9.17) is 21.4 Å². The van der Waals surface area contributed by atoms with Crippen LogP contribution in [-0.2, 0) is 32.0 Å². The van der Waals surface area contributed by atoms with E-state index in [2.05, 4.69) is 77.0 Å². The van der Waals surface area contributed by atoms with Crippen LogP contribution in [0.4, 0.5) is 0 Å². The Morgan fingerprint density at radius 3 is 2.56 bits per heavy atom. The molecule has 1 fully saturated rings. The highest BCUT2D eigenvalue weighted by atomic mass is 16.7. The van der Waals surface area contributed by atoms with Gasteiger partial charge >= 0.3 is 5.97 Å². The third-order valence-corrected chi connectivity index (χ3v) is 7.84. The number of esters is 1. The second-order valence-electron chi connectivity index (χ2n) is 10.9. The average molecular weight is 595 g/mol. The number of nitrogens with two attached hydrogens (primary N) is 2. The number of carbonyl (C=O) groups excluding carboxylic acids is 2. The molecule has 2 aromatic rings. The number of carbonyl (C=O) groups is 2. The van der Waals surface area contributed by atoms with Gasteiger partial charge in [0, 0.05) is 31.2 Å². The van der Waals surface area contributed by atoms with Gasteiger partial charge < -0.3 is 30.4 Å². The third kappa shape index (κ3) is 9.26. The largest absolute Gasteiger partial charge is 0.428 e. The van der Waals surface area contributed by atoms with E-state index < -0.39 is 18.4 Å². The minimum atomic E-state index is -0.849. The van der Waals surface area contributed by atoms with Crippen LogP contribution in [0.3, 0.4) is 0 Å². The summed E-state index contributed by atoms with van der Waals surface area (Å²) in [5.41, 5.74) is 9.45. The summed E-state index contributed by atoms with van der Waals surface area (Å²) in [6.45, 7) is 9.02. The predicted molar refractivity (Wildman–Crippen MR) is 166 cm³/mol. The normalized spacial score (nSPS) is 19.0. The molecule has 0 amide bonds. The van der Waals surface area contributed by atoms with Gasteiger partial charge in [0.05, 0.1) is 17.7 Å². The fourth-order valence-corrected chi connectivity index (χ4v) is 5.33. The molecule has 1 saturated carbocycles. The number of hydrazone groups is 1. The molecule has 11 heteroatoms. The maximum absolute atomic E-state index is 11.3. The van der Waals surface area contributed by atoms with Crippen molar-refractivity contribution in [3.63, 3.8) is 0 Å². The Labute approximate surface area is 254 Å². The van der Waals surface area contributed by atoms with Crippen LogP contribution in [0.1, 0.15) is 87.1 Å². The van der Waals surface area contributed by atoms with Crippen molar-refractivity contribution in [3.8, 4) is 0 Å². The number of hydrogen-bond donors (Lipinski definition) is 4. The number of hydrazine groups is 1. The molecule has 11 nitrogen and oxygen atoms in total. The van der Waals surface area contributed by atoms with Crippen molar-refractivity contribution in [2.75, 3.05) is 0 Å². The standard InChI is InChI=1S/C23H32N6.C9H14O5/c1-4-5-10-22-26-16(2)17(3)29(22)15-18-11-13-19(14-12-18)20-8-6-7-9-21(20)23(27-24)28-25;1-6(13-5-10)14-9(12)7-2-3-8(11)4-7/h8-9,11-14H,4-7,10,15,24-25H2,1-3H3,(H,27,28);5-8,11H,2-4H2,1H3. The van der Waals surface area contributed by atoms with Crippen molar-refractivity contribution in [1.29, 1.82) is 0 Å². The molecule has 0 bridgehead atoms. The van der Waals surface area contributed by atoms with Crippen molar-refractivity contribution in [2.24, 2.45) is 22.7 Å². The van der Waals surface area contributed by atoms with Crippen molar-refractivity contribution in [3.05, 3.63) is 70.3 Å². The first-order chi connectivity index (χ1) is 20.7. The molecular formula is C32H46N6O5. The molecule has 234 valence electrons. The number of nitrogens with one attached hydrogen (secondary N) is 1. The Morgan fingerprint density at radius 2 is 1.95 bits per heavy atom. The molecule has 1 aromatic heterocycles. The van der Waals surface area contributed by atoms with Gasteiger partial charge in [-0.1, -0.05) is 49.8 Å². The van der Waals surface area contributed by atoms with E-state index in [1.54, 1.807) is 0 Å². The van der Waals surface area contributed by atoms with Crippen LogP contribution < -0.4 is 17.1 Å². The van der Waals surface area contributed by atoms with Crippen molar-refractivity contribution < 1.29 is 24.2 Å². The number of hydrogen-bond acceptors (Lipinski definition) is 9. The zero-order valence-electron chi connectivity index (χ0n) is 25.7. The Balaban J connectivity index is 0.000000303. The highest BCUT2D eigenvalue weighted by Crippen LogP contribution is 2.29. The van der Waals surface area contributed by atoms with E-state index in [1.807, 2.05) is 0 Å². The fourth-order valence-electron chi connectivity index (χ4n) is 5.33. The summed E-state index contributed by atoms with van der Waals surface area (Å²) in [6, 6.07) is 8.71. The number of ether oxygens (including phenoxy) is 2. The molecule has 3 unspecified atom stereocenters. The Kier molecular flexibility index (Phi) is 13.0. The van der Waals surface area contributed by atoms with E-state index >= 15 is 0 Å². The van der Waals surface area contributed by atoms with Gasteiger partial charge in [-0.15, -0.1) is 0 Å². The number of benzene rings is 1. The van der Waals surface area contributed by atoms with Gasteiger partial charge in [-0.05, 0) is 69.1 Å². The van der Waals surface area contributed by atoms with Crippen molar-refractivity contribution in [2.45, 2.75) is 98.0 Å². The van der Waals surface area contributed by atoms with E-state index in [0.717, 1.165) is 54.6 Å². The number of aliphatic hydroxyl groups is 1. The number of amidine groups is 1. The molecule has 4 rings (SSSR count). The van der Waals surface area contributed by atoms with Crippen LogP contribution in [0.2, 0.25) is 0 Å². The van der Waals surface area contributed by atoms with E-state index in [1.165, 1.54) is 30.4 Å². The number of aromatic nitrogens is 2. The Morgan fingerprint density at radius 1 is 1.23 bits per heavy atom. The number of aliphatic hydroxyl groups excluding tert-OH is 1. The summed E-state index contributed by atoms with van der Waals surface area (Å²) in [6.07, 6.45) is 10.1. The molecule has 0 radical (unpaired) electrons. The number of imidazole rings is 1. The highest BCUT2D eigenvalue weighted by molar-refractivity contribution is 6.12. The second kappa shape index (κ2) is 16.6. The summed E-state index contributed by atoms with van der Waals surface area (Å²) in [4.78, 5) is 26.0. The topological polar surface area (TPSA) is 167 Å². The lowest BCUT2D eigenvalue weighted by molar-refractivity contribution is -0.180. The number of aryl methyl sites for hydroxylation is 2. The third-order valence-electron chi connectivity index (χ3n) is 7.84. The number of rotatable bonds is 11. The maximum Gasteiger partial charge on any atom is 0.312 e. The van der Waals surface area contributed by atoms with Crippen LogP contribution in [0.15, 0.2) is 47.1 Å². The number of nitrogens with zero attached hydrogens (tertiary/aromatic N) is 3. The zero-order chi connectivity index (χ0) is 31.4. The van der Waals surface area contributed by atoms with Gasteiger partial charge in [0.25, 0.3) is 6.47 Å². The predicted octanol–water partition coefficient (Wildman–Crippen LogP) is 3.94. The van der Waals surface area contributed by atoms with E-state index in [-0.39, 0.29) is 12.4 Å². The first-order valence-corrected chi connectivity index (χ1v) is 15.0. The van der Waals surface area contributed by atoms with Gasteiger partial charge in [-0.3, -0.25) is 9.59 Å². The fraction of sp³-hybridized carbons (Fsp3) is 0.500. The average Bonchev–Trinajstić information content (AvgIpc) is 3.56. The SMILES string of the molecule is CC(OC=O)OC(=O)C1CCC(O)C1.CCCCc1nc(C)c(C)n1Cc1ccc(C2=CCCC=C2/C(=N/N)NN)cc1. The maximum atomic E-state index is 11.3. The molecule has 43 heavy (non-hydrogen) atoms. The summed E-state index contributed by atoms with van der Waals surface area (Å²) >= 11 is 0. The van der Waals surface area contributed by atoms with Gasteiger partial charge in [-0.25, -0.2) is 10.8 Å². The van der Waals surface area contributed by atoms with E-state index in [9.17, 15) is 14.7 Å². The monoisotopic (exact) mass is 594 g/mol. The van der Waals surface area contributed by atoms with Crippen LogP contribution in [-0.4, -0.2) is 45.3 Å². The molecule has 2 aliphatic rings. The molecule has 0 aliphatic heterocycles. The summed E-state index contributed by atoms with van der Waals surface area (Å²) in [5.74, 6) is 12.1. The number of unbranched alkanes of at least 4 members (excludes halogenated alkanes) is 1. The quantitative estimate of drug-likeness (QED) is 0.0573. The van der Waals surface area contributed by atoms with Crippen molar-refractivity contribution in [1.82, 2.24) is 15.0 Å². The lowest BCUT2D eigenvalue weighted by Gasteiger charge is -2.18. The molecule has 3 atom stereocenters. The molecular weight excluding hydrogens is 548 g/mol. The van der Waals surface area contributed by atoms with Gasteiger partial charge in [0.2, 0.25) is 6.29 Å². The van der Waals surface area contributed by atoms with Crippen LogP contribution >= 0.6 is 0 Å². The van der Waals surface area contributed by atoms with Crippen LogP contribution in [0.5, 0.6) is 0 Å². The van der Waals surface area contributed by atoms with Crippen LogP contribution in [0, 0.1) is 19.8 Å². The molecule has 1 aromatic carbocycles. The van der Waals surface area contributed by atoms with E-state index in [0.29, 0.717) is 25.1 Å². The molecule has 1 heterocycles. The van der Waals surface area contributed by atoms with Gasteiger partial charge in [0.1, 0.15) is 5.82 Å². The van der Waals surface area contributed by atoms with Gasteiger partial charge in [0.15, 0.2) is 5.84 Å². The van der Waals surface area contributed by atoms with Gasteiger partial charge in [-0.2, -0.15) is 5.10 Å². The minimum absolute atomic E-state index is 0.238. The molecule has 6 N–H and O–H groups in total. The zero-order valence-corrected chi connectivity index (χ0v) is 25.7. The summed E-state index contributed by atoms with van der Waals surface area (Å²) in [7, 11) is 0. The Bertz CT molecular complexity index is 1310. The summed E-state index contributed by atoms with van der Waals surface area (Å²) in [5, 5.41) is 13.0. The molecule has 0 spiro atoms. The first-order valence-electron chi connectivity index (χ1n) is 15.0. The van der Waals surface area contributed by atoms with Crippen molar-refractivity contribution >= 4 is 23.9 Å². The highest BCUT2D eigenvalue weighted by Gasteiger charge is 2.30. The summed E-state index contributed by atoms with van der Waals surface area (Å²) < 4.78 is 11.6. The molecule has 2 aliphatic carbocycles. The second-order valence-corrected chi connectivity index (χ2v) is 10.9. The molecule has 0 saturated heterocycles. The number of allylic oxidation sites excluding steroid dienone is 2. The Hall–Kier alpha value is -3.96.